The number of ether oxygens (including phenoxy) is 3. The van der Waals surface area contributed by atoms with E-state index in [1.807, 2.05) is 0 Å². The normalized spacial score (nSPS) is 13.5. The lowest BCUT2D eigenvalue weighted by molar-refractivity contribution is -0.114. The minimum atomic E-state index is -0.987. The number of nitrogens with one attached hydrogen (secondary N) is 1. The summed E-state index contributed by atoms with van der Waals surface area (Å²) in [7, 11) is 1.22. The molecule has 0 saturated carbocycles. The highest BCUT2D eigenvalue weighted by molar-refractivity contribution is 5.97. The van der Waals surface area contributed by atoms with E-state index in [1.54, 1.807) is 0 Å². The van der Waals surface area contributed by atoms with Gasteiger partial charge in [-0.1, -0.05) is 0 Å². The molecule has 2 heterocycles. The summed E-state index contributed by atoms with van der Waals surface area (Å²) in [6, 6.07) is 3.88. The summed E-state index contributed by atoms with van der Waals surface area (Å²) in [6.45, 7) is 0.0422. The lowest BCUT2D eigenvalue weighted by Gasteiger charge is -2.18. The van der Waals surface area contributed by atoms with Gasteiger partial charge in [0.15, 0.2) is 23.3 Å². The maximum Gasteiger partial charge on any atom is 0.411 e. The van der Waals surface area contributed by atoms with Crippen molar-refractivity contribution >= 4 is 24.2 Å². The lowest BCUT2D eigenvalue weighted by atomic mass is 10.1. The van der Waals surface area contributed by atoms with Gasteiger partial charge in [0.05, 0.1) is 18.4 Å². The van der Waals surface area contributed by atoms with Gasteiger partial charge in [0, 0.05) is 23.3 Å². The first-order chi connectivity index (χ1) is 15.2. The van der Waals surface area contributed by atoms with E-state index in [2.05, 4.69) is 10.1 Å². The molecule has 0 bridgehead atoms. The Hall–Kier alpha value is -4.02. The predicted octanol–water partition coefficient (Wildman–Crippen LogP) is 3.28. The van der Waals surface area contributed by atoms with E-state index < -0.39 is 35.3 Å². The third-order valence-electron chi connectivity index (χ3n) is 4.30. The number of halogens is 4. The number of carbonyl (C=O) groups excluding carboxylic acids is 2. The van der Waals surface area contributed by atoms with Gasteiger partial charge < -0.3 is 19.9 Å². The van der Waals surface area contributed by atoms with Crippen molar-refractivity contribution < 1.29 is 41.4 Å². The van der Waals surface area contributed by atoms with E-state index in [-0.39, 0.29) is 30.3 Å². The summed E-state index contributed by atoms with van der Waals surface area (Å²) < 4.78 is 66.2. The highest BCUT2D eigenvalue weighted by Gasteiger charge is 2.18. The van der Waals surface area contributed by atoms with Crippen LogP contribution in [0.15, 0.2) is 35.5 Å². The molecule has 0 unspecified atom stereocenters. The summed E-state index contributed by atoms with van der Waals surface area (Å²) in [5.74, 6) is -4.10. The first kappa shape index (κ1) is 22.7. The average Bonchev–Trinajstić information content (AvgIpc) is 2.75. The number of methoxy groups -OCH3 is 1. The van der Waals surface area contributed by atoms with Crippen molar-refractivity contribution in [2.24, 2.45) is 5.73 Å². The molecule has 0 fully saturated rings. The third kappa shape index (κ3) is 5.17. The van der Waals surface area contributed by atoms with Crippen LogP contribution in [-0.2, 0) is 9.53 Å². The Kier molecular flexibility index (Phi) is 6.67. The Morgan fingerprint density at radius 3 is 1.91 bits per heavy atom. The van der Waals surface area contributed by atoms with Gasteiger partial charge >= 0.3 is 6.09 Å². The van der Waals surface area contributed by atoms with Crippen LogP contribution in [-0.4, -0.2) is 32.3 Å². The maximum atomic E-state index is 13.0. The van der Waals surface area contributed by atoms with Crippen LogP contribution in [0.1, 0.15) is 11.1 Å². The average molecular weight is 452 g/mol. The molecular weight excluding hydrogens is 436 g/mol. The fourth-order valence-electron chi connectivity index (χ4n) is 2.73. The molecule has 4 rings (SSSR count). The number of hydrogen-bond donors (Lipinski definition) is 2. The summed E-state index contributed by atoms with van der Waals surface area (Å²) in [6.07, 6.45) is 2.24. The van der Waals surface area contributed by atoms with Crippen LogP contribution >= 0.6 is 0 Å². The molecule has 0 aliphatic carbocycles. The molecule has 2 aliphatic rings. The minimum absolute atomic E-state index is 0.0204. The second-order valence-electron chi connectivity index (χ2n) is 6.51. The second-order valence-corrected chi connectivity index (χ2v) is 6.51. The van der Waals surface area contributed by atoms with Gasteiger partial charge in [-0.15, -0.1) is 0 Å². The van der Waals surface area contributed by atoms with E-state index in [1.165, 1.54) is 19.3 Å². The maximum absolute atomic E-state index is 13.0. The smallest absolute Gasteiger partial charge is 0.411 e. The topological polar surface area (TPSA) is 99.9 Å². The molecule has 2 aliphatic heterocycles. The van der Waals surface area contributed by atoms with Crippen molar-refractivity contribution in [3.05, 3.63) is 69.9 Å². The zero-order chi connectivity index (χ0) is 23.4. The first-order valence-electron chi connectivity index (χ1n) is 8.97. The highest BCUT2D eigenvalue weighted by Crippen LogP contribution is 2.29. The van der Waals surface area contributed by atoms with Crippen molar-refractivity contribution in [3.63, 3.8) is 0 Å². The molecule has 3 N–H and O–H groups in total. The molecule has 168 valence electrons. The number of primary amides is 1. The van der Waals surface area contributed by atoms with E-state index in [9.17, 15) is 27.2 Å². The van der Waals surface area contributed by atoms with Crippen molar-refractivity contribution in [3.8, 4) is 11.5 Å². The van der Waals surface area contributed by atoms with E-state index in [4.69, 9.17) is 15.2 Å². The molecule has 0 spiro atoms. The van der Waals surface area contributed by atoms with Crippen LogP contribution in [0.25, 0.3) is 12.2 Å². The number of alkyl carbamates (subject to hydrolysis) is 1. The van der Waals surface area contributed by atoms with Crippen LogP contribution in [0.5, 0.6) is 11.5 Å². The third-order valence-corrected chi connectivity index (χ3v) is 4.30. The van der Waals surface area contributed by atoms with Gasteiger partial charge in [-0.05, 0) is 24.3 Å². The molecule has 0 aromatic heterocycles. The molecular formula is C21H16F4N2O5. The molecule has 32 heavy (non-hydrogen) atoms. The summed E-state index contributed by atoms with van der Waals surface area (Å²) in [4.78, 5) is 21.8. The number of amides is 2. The van der Waals surface area contributed by atoms with Gasteiger partial charge in [0.2, 0.25) is 5.91 Å². The van der Waals surface area contributed by atoms with Crippen molar-refractivity contribution in [1.29, 1.82) is 0 Å². The predicted molar refractivity (Wildman–Crippen MR) is 104 cm³/mol. The van der Waals surface area contributed by atoms with Crippen LogP contribution in [0.4, 0.5) is 22.4 Å². The summed E-state index contributed by atoms with van der Waals surface area (Å²) in [5, 5.41) is 2.40. The number of hydrogen-bond acceptors (Lipinski definition) is 5. The molecule has 2 aromatic rings. The van der Waals surface area contributed by atoms with Gasteiger partial charge in [-0.2, -0.15) is 0 Å². The van der Waals surface area contributed by atoms with E-state index in [0.717, 1.165) is 24.3 Å². The van der Waals surface area contributed by atoms with Crippen molar-refractivity contribution in [2.75, 3.05) is 20.3 Å². The number of fused-ring (bicyclic) bond motifs is 2. The van der Waals surface area contributed by atoms with Gasteiger partial charge in [-0.3, -0.25) is 10.1 Å². The van der Waals surface area contributed by atoms with Crippen LogP contribution in [0.2, 0.25) is 0 Å². The zero-order valence-corrected chi connectivity index (χ0v) is 16.5. The van der Waals surface area contributed by atoms with E-state index >= 15 is 0 Å². The molecule has 11 heteroatoms. The van der Waals surface area contributed by atoms with Crippen LogP contribution in [0, 0.1) is 23.3 Å². The van der Waals surface area contributed by atoms with E-state index in [0.29, 0.717) is 16.8 Å². The largest absolute Gasteiger partial charge is 0.488 e. The molecule has 0 radical (unpaired) electrons. The van der Waals surface area contributed by atoms with Crippen LogP contribution in [0.3, 0.4) is 0 Å². The van der Waals surface area contributed by atoms with Crippen molar-refractivity contribution in [2.45, 2.75) is 0 Å². The molecule has 0 saturated heterocycles. The minimum Gasteiger partial charge on any atom is -0.488 e. The monoisotopic (exact) mass is 452 g/mol. The van der Waals surface area contributed by atoms with Gasteiger partial charge in [0.1, 0.15) is 24.7 Å². The number of rotatable bonds is 2. The summed E-state index contributed by atoms with van der Waals surface area (Å²) in [5.41, 5.74) is 6.36. The van der Waals surface area contributed by atoms with Gasteiger partial charge in [-0.25, -0.2) is 22.4 Å². The Bertz CT molecular complexity index is 1150. The quantitative estimate of drug-likeness (QED) is 0.682. The number of benzene rings is 2. The number of carbonyl (C=O) groups is 2. The van der Waals surface area contributed by atoms with Crippen molar-refractivity contribution in [1.82, 2.24) is 5.32 Å². The first-order valence-corrected chi connectivity index (χ1v) is 8.97. The second kappa shape index (κ2) is 9.41. The Balaban J connectivity index is 0.000000182. The summed E-state index contributed by atoms with van der Waals surface area (Å²) >= 11 is 0. The molecule has 0 atom stereocenters. The Labute approximate surface area is 179 Å². The van der Waals surface area contributed by atoms with Gasteiger partial charge in [0.25, 0.3) is 0 Å². The number of nitrogens with two attached hydrogens (primary N) is 1. The Morgan fingerprint density at radius 2 is 1.38 bits per heavy atom. The fourth-order valence-corrected chi connectivity index (χ4v) is 2.73. The zero-order valence-electron chi connectivity index (χ0n) is 16.5. The highest BCUT2D eigenvalue weighted by atomic mass is 19.2. The molecule has 7 nitrogen and oxygen atoms in total. The standard InChI is InChI=1S/C11H9F2NO3.C10H7F2NO2/c1-16-11(15)14-7-2-6-3-8(12)9(13)4-10(6)17-5-7;11-7-2-5-1-6(10(13)14)4-15-9(5)3-8(7)12/h2-4H,5H2,1H3,(H,14,15);1-3H,4H2,(H2,13,14). The lowest BCUT2D eigenvalue weighted by Crippen LogP contribution is -2.27. The molecule has 2 amide bonds. The van der Waals surface area contributed by atoms with Crippen LogP contribution < -0.4 is 20.5 Å². The fraction of sp³-hybridized carbons (Fsp3) is 0.143. The Morgan fingerprint density at radius 1 is 0.875 bits per heavy atom. The molecule has 2 aromatic carbocycles. The SMILES string of the molecule is COC(=O)NC1=Cc2cc(F)c(F)cc2OC1.NC(=O)C1=Cc2cc(F)c(F)cc2OC1.